The smallest absolute Gasteiger partial charge is 0.875 e. The minimum Gasteiger partial charge on any atom is -0.875 e. The molecule has 8 bridgehead atoms. The third-order valence-electron chi connectivity index (χ3n) is 9.41. The molecule has 0 unspecified atom stereocenters. The van der Waals surface area contributed by atoms with E-state index in [1.165, 1.54) is 5.57 Å². The maximum atomic E-state index is 13.6. The number of aliphatic carboxylic acids is 1. The number of nitrogens with one attached hydrogen (secondary N) is 1. The molecule has 6 aliphatic rings. The number of carbonyl (C=O) groups is 1. The summed E-state index contributed by atoms with van der Waals surface area (Å²) >= 11 is 0. The minimum absolute atomic E-state index is 0. The van der Waals surface area contributed by atoms with Crippen LogP contribution in [-0.4, -0.2) is 46.2 Å². The van der Waals surface area contributed by atoms with E-state index in [0.717, 1.165) is 74.2 Å². The molecule has 0 aromatic carbocycles. The zero-order valence-electron chi connectivity index (χ0n) is 26.6. The van der Waals surface area contributed by atoms with Crippen LogP contribution in [-0.2, 0) is 4.79 Å². The molecule has 44 heavy (non-hydrogen) atoms. The van der Waals surface area contributed by atoms with Gasteiger partial charge in [-0.05, 0) is 98.0 Å². The molecule has 1 saturated heterocycles. The fraction of sp³-hybridized carbons (Fsp3) is 0.389. The van der Waals surface area contributed by atoms with E-state index in [1.807, 2.05) is 19.1 Å². The third kappa shape index (κ3) is 5.26. The Bertz CT molecular complexity index is 1730. The van der Waals surface area contributed by atoms with Gasteiger partial charge in [0.25, 0.3) is 0 Å². The number of carbonyl (C=O) groups excluding carboxylic acids is 1. The number of hydrogen-bond acceptors (Lipinski definition) is 7. The minimum atomic E-state index is -1.08. The maximum absolute atomic E-state index is 13.6. The molecule has 5 aliphatic heterocycles. The molecule has 8 heteroatoms. The van der Waals surface area contributed by atoms with Crippen molar-refractivity contribution in [2.24, 2.45) is 32.7 Å². The Hall–Kier alpha value is -3.49. The largest absolute Gasteiger partial charge is 2.00 e. The second kappa shape index (κ2) is 12.1. The molecule has 2 atom stereocenters. The second-order valence-corrected chi connectivity index (χ2v) is 12.6. The molecule has 1 fully saturated rings. The van der Waals surface area contributed by atoms with Crippen molar-refractivity contribution < 1.29 is 15.0 Å². The van der Waals surface area contributed by atoms with Crippen LogP contribution in [0.15, 0.2) is 119 Å². The van der Waals surface area contributed by atoms with E-state index in [4.69, 9.17) is 15.0 Å². The molecule has 5 heterocycles. The van der Waals surface area contributed by atoms with E-state index in [2.05, 4.69) is 58.7 Å². The molecule has 0 radical (unpaired) electrons. The molecule has 0 spiro atoms. The molecule has 1 N–H and O–H groups in total. The monoisotopic (exact) mass is 598 g/mol. The normalized spacial score (nSPS) is 24.0. The maximum Gasteiger partial charge on any atom is 2.00 e. The second-order valence-electron chi connectivity index (χ2n) is 12.6. The van der Waals surface area contributed by atoms with Gasteiger partial charge in [0.15, 0.2) is 0 Å². The zero-order valence-corrected chi connectivity index (χ0v) is 28.0. The number of allylic oxidation sites excluding steroid dienone is 12. The molecular weight excluding hydrogens is 561 g/mol. The number of hydrogen-bond donors (Lipinski definition) is 1. The Morgan fingerprint density at radius 1 is 1.09 bits per heavy atom. The van der Waals surface area contributed by atoms with Gasteiger partial charge in [-0.1, -0.05) is 40.3 Å². The molecule has 7 nitrogen and oxygen atoms in total. The number of aliphatic imine (C=N–C) groups is 3. The van der Waals surface area contributed by atoms with Crippen molar-refractivity contribution in [3.05, 3.63) is 104 Å². The first-order valence-corrected chi connectivity index (χ1v) is 15.3. The predicted octanol–water partition coefficient (Wildman–Crippen LogP) is 4.82. The van der Waals surface area contributed by atoms with Gasteiger partial charge in [0.05, 0.1) is 34.2 Å². The van der Waals surface area contributed by atoms with E-state index in [9.17, 15) is 15.0 Å². The van der Waals surface area contributed by atoms with E-state index in [0.29, 0.717) is 30.0 Å². The number of nitrogens with zero attached hydrogens (tertiary/aromatic N) is 3. The number of fused-ring (bicyclic) bond motifs is 5. The van der Waals surface area contributed by atoms with Gasteiger partial charge >= 0.3 is 23.1 Å². The molecule has 0 aromatic heterocycles. The molecule has 0 amide bonds. The molecule has 0 aromatic rings. The van der Waals surface area contributed by atoms with Crippen LogP contribution in [0.2, 0.25) is 0 Å². The van der Waals surface area contributed by atoms with Crippen LogP contribution >= 0.6 is 0 Å². The van der Waals surface area contributed by atoms with Crippen LogP contribution in [0, 0.1) is 17.8 Å². The van der Waals surface area contributed by atoms with Gasteiger partial charge < -0.3 is 20.3 Å². The van der Waals surface area contributed by atoms with Gasteiger partial charge in [0, 0.05) is 40.3 Å². The van der Waals surface area contributed by atoms with Crippen LogP contribution in [0.25, 0.3) is 0 Å². The number of carboxylic acid groups (broad SMARTS) is 1. The number of rotatable bonds is 7. The van der Waals surface area contributed by atoms with Crippen molar-refractivity contribution in [1.29, 1.82) is 0 Å². The van der Waals surface area contributed by atoms with Gasteiger partial charge in [-0.3, -0.25) is 0 Å². The van der Waals surface area contributed by atoms with Crippen LogP contribution in [0.3, 0.4) is 0 Å². The average Bonchev–Trinajstić information content (AvgIpc) is 3.70. The van der Waals surface area contributed by atoms with E-state index >= 15 is 0 Å². The summed E-state index contributed by atoms with van der Waals surface area (Å²) in [6, 6.07) is 0. The third-order valence-corrected chi connectivity index (χ3v) is 9.41. The topological polar surface area (TPSA) is 112 Å². The Kier molecular flexibility index (Phi) is 8.80. The molecule has 0 saturated carbocycles. The summed E-state index contributed by atoms with van der Waals surface area (Å²) in [6.45, 7) is 16.8. The van der Waals surface area contributed by atoms with Crippen LogP contribution < -0.4 is 15.5 Å². The Morgan fingerprint density at radius 3 is 2.45 bits per heavy atom. The summed E-state index contributed by atoms with van der Waals surface area (Å²) in [7, 11) is 0. The van der Waals surface area contributed by atoms with Crippen molar-refractivity contribution in [2.75, 3.05) is 0 Å². The van der Waals surface area contributed by atoms with Crippen molar-refractivity contribution in [3.63, 3.8) is 0 Å². The first-order valence-electron chi connectivity index (χ1n) is 15.3. The first kappa shape index (κ1) is 31.9. The molecular formula is C36H38MgN4O3. The van der Waals surface area contributed by atoms with Gasteiger partial charge in [0.1, 0.15) is 0 Å². The van der Waals surface area contributed by atoms with Gasteiger partial charge in [-0.2, -0.15) is 0 Å². The summed E-state index contributed by atoms with van der Waals surface area (Å²) in [5.74, 6) is -0.725. The summed E-state index contributed by atoms with van der Waals surface area (Å²) in [6.07, 6.45) is 10.1. The number of carboxylic acids is 1. The van der Waals surface area contributed by atoms with Crippen molar-refractivity contribution >= 4 is 46.2 Å². The zero-order chi connectivity index (χ0) is 30.7. The van der Waals surface area contributed by atoms with Gasteiger partial charge in [-0.25, -0.2) is 15.0 Å². The van der Waals surface area contributed by atoms with E-state index in [-0.39, 0.29) is 53.5 Å². The quantitative estimate of drug-likeness (QED) is 0.423. The predicted molar refractivity (Wildman–Crippen MR) is 173 cm³/mol. The average molecular weight is 599 g/mol. The van der Waals surface area contributed by atoms with Gasteiger partial charge in [-0.15, -0.1) is 5.76 Å². The van der Waals surface area contributed by atoms with Crippen LogP contribution in [0.1, 0.15) is 73.6 Å². The molecule has 222 valence electrons. The Balaban J connectivity index is 0.00000384. The van der Waals surface area contributed by atoms with Crippen LogP contribution in [0.5, 0.6) is 0 Å². The summed E-state index contributed by atoms with van der Waals surface area (Å²) < 4.78 is 0. The van der Waals surface area contributed by atoms with E-state index < -0.39 is 5.97 Å². The summed E-state index contributed by atoms with van der Waals surface area (Å²) in [4.78, 5) is 26.8. The fourth-order valence-electron chi connectivity index (χ4n) is 7.10. The fourth-order valence-corrected chi connectivity index (χ4v) is 7.10. The first-order chi connectivity index (χ1) is 20.5. The molecule has 1 aliphatic carbocycles. The van der Waals surface area contributed by atoms with E-state index in [1.54, 1.807) is 0 Å². The Labute approximate surface area is 276 Å². The Morgan fingerprint density at radius 2 is 1.80 bits per heavy atom. The van der Waals surface area contributed by atoms with Crippen LogP contribution in [0.4, 0.5) is 0 Å². The van der Waals surface area contributed by atoms with Crippen molar-refractivity contribution in [3.8, 4) is 0 Å². The summed E-state index contributed by atoms with van der Waals surface area (Å²) in [5.41, 5.74) is 13.5. The van der Waals surface area contributed by atoms with Crippen molar-refractivity contribution in [2.45, 2.75) is 73.6 Å². The van der Waals surface area contributed by atoms with Crippen molar-refractivity contribution in [1.82, 2.24) is 5.32 Å². The SMILES string of the molecule is C=CC1=C(C)C2=NC1=CC1=NC(=CC3=C(CC)C4=C([O-])CC(=C5NC(=C2)[C@@H](C)[C@@H]5CCC(=O)[O-])C4=N3)C(CC(C)C)=C1C.[Mg+2]. The van der Waals surface area contributed by atoms with Gasteiger partial charge in [0.2, 0.25) is 0 Å². The molecule has 6 rings (SSSR count). The summed E-state index contributed by atoms with van der Waals surface area (Å²) in [5, 5.41) is 28.8. The standard InChI is InChI=1S/C36H40N4O3.Mg/c1-8-21-18(5)26-14-28-19(6)23(10-11-33(42)43)35(39-28)25-13-32(41)34-22(9-2)30(40-36(25)34)16-31-24(12-17(3)4)20(7)27(38-31)15-29(21)37-26;/h8,14-17,19,23,39,41H,1,9-13H2,2-7H3,(H,42,43);/q;+2/p-2/t19-,23-;/m0./s1.